The number of aryl methyl sites for hydroxylation is 1. The summed E-state index contributed by atoms with van der Waals surface area (Å²) in [7, 11) is 2.41. The van der Waals surface area contributed by atoms with Gasteiger partial charge in [0.05, 0.1) is 19.8 Å². The average Bonchev–Trinajstić information content (AvgIpc) is 2.46. The summed E-state index contributed by atoms with van der Waals surface area (Å²) in [5.41, 5.74) is 1.04. The van der Waals surface area contributed by atoms with Crippen LogP contribution in [0.2, 0.25) is 0 Å². The minimum Gasteiger partial charge on any atom is -0.468 e. The molecule has 108 valence electrons. The molecule has 20 heavy (non-hydrogen) atoms. The van der Waals surface area contributed by atoms with E-state index in [1.807, 2.05) is 0 Å². The summed E-state index contributed by atoms with van der Waals surface area (Å²) < 4.78 is 9.00. The molecule has 1 aromatic heterocycles. The second kappa shape index (κ2) is 7.22. The van der Waals surface area contributed by atoms with Crippen molar-refractivity contribution in [3.8, 4) is 0 Å². The number of ether oxygens (including phenoxy) is 2. The quantitative estimate of drug-likeness (QED) is 0.715. The Kier molecular flexibility index (Phi) is 5.64. The van der Waals surface area contributed by atoms with Gasteiger partial charge in [-0.15, -0.1) is 0 Å². The normalized spacial score (nSPS) is 9.75. The van der Waals surface area contributed by atoms with Crippen LogP contribution in [-0.4, -0.2) is 55.0 Å². The largest absolute Gasteiger partial charge is 0.468 e. The fourth-order valence-corrected chi connectivity index (χ4v) is 1.42. The third kappa shape index (κ3) is 4.34. The van der Waals surface area contributed by atoms with Crippen LogP contribution in [-0.2, 0) is 19.1 Å². The minimum atomic E-state index is -0.623. The van der Waals surface area contributed by atoms with E-state index in [9.17, 15) is 14.4 Å². The zero-order valence-corrected chi connectivity index (χ0v) is 11.6. The van der Waals surface area contributed by atoms with Gasteiger partial charge in [0.1, 0.15) is 13.1 Å². The minimum absolute atomic E-state index is 0.281. The van der Waals surface area contributed by atoms with Crippen molar-refractivity contribution >= 4 is 17.8 Å². The van der Waals surface area contributed by atoms with Crippen molar-refractivity contribution in [1.82, 2.24) is 9.88 Å². The van der Waals surface area contributed by atoms with Gasteiger partial charge in [-0.3, -0.25) is 19.4 Å². The Morgan fingerprint density at radius 1 is 1.10 bits per heavy atom. The number of carbonyl (C=O) groups is 3. The molecule has 0 aromatic carbocycles. The maximum Gasteiger partial charge on any atom is 0.325 e. The van der Waals surface area contributed by atoms with Gasteiger partial charge in [0.25, 0.3) is 5.91 Å². The molecule has 0 N–H and O–H groups in total. The maximum absolute atomic E-state index is 12.2. The number of methoxy groups -OCH3 is 2. The Morgan fingerprint density at radius 3 is 2.05 bits per heavy atom. The number of esters is 2. The number of aromatic nitrogens is 1. The van der Waals surface area contributed by atoms with E-state index in [1.54, 1.807) is 19.1 Å². The summed E-state index contributed by atoms with van der Waals surface area (Å²) >= 11 is 0. The van der Waals surface area contributed by atoms with Crippen LogP contribution < -0.4 is 0 Å². The van der Waals surface area contributed by atoms with E-state index in [0.29, 0.717) is 0 Å². The monoisotopic (exact) mass is 280 g/mol. The third-order valence-corrected chi connectivity index (χ3v) is 2.54. The summed E-state index contributed by atoms with van der Waals surface area (Å²) in [6.45, 7) is 1.12. The Hall–Kier alpha value is -2.44. The first-order valence-electron chi connectivity index (χ1n) is 5.83. The first-order valence-corrected chi connectivity index (χ1v) is 5.83. The highest BCUT2D eigenvalue weighted by atomic mass is 16.5. The first-order chi connectivity index (χ1) is 9.47. The summed E-state index contributed by atoms with van der Waals surface area (Å²) in [5, 5.41) is 0. The number of hydrogen-bond donors (Lipinski definition) is 0. The van der Waals surface area contributed by atoms with Gasteiger partial charge in [-0.25, -0.2) is 0 Å². The van der Waals surface area contributed by atoms with Gasteiger partial charge in [-0.1, -0.05) is 0 Å². The lowest BCUT2D eigenvalue weighted by molar-refractivity contribution is -0.144. The zero-order valence-electron chi connectivity index (χ0n) is 11.6. The smallest absolute Gasteiger partial charge is 0.325 e. The van der Waals surface area contributed by atoms with Gasteiger partial charge in [-0.2, -0.15) is 0 Å². The summed E-state index contributed by atoms with van der Waals surface area (Å²) in [6, 6.07) is 3.24. The molecule has 0 saturated carbocycles. The Bertz CT molecular complexity index is 480. The van der Waals surface area contributed by atoms with Crippen LogP contribution in [0, 0.1) is 6.92 Å². The molecule has 1 rings (SSSR count). The second-order valence-electron chi connectivity index (χ2n) is 4.00. The number of amides is 1. The van der Waals surface area contributed by atoms with Gasteiger partial charge in [0, 0.05) is 11.9 Å². The standard InChI is InChI=1S/C13H16N2O5/c1-9-4-5-10(6-14-9)13(18)15(7-11(16)19-2)8-12(17)20-3/h4-6H,7-8H2,1-3H3. The van der Waals surface area contributed by atoms with Gasteiger partial charge in [0.2, 0.25) is 0 Å². The van der Waals surface area contributed by atoms with Gasteiger partial charge in [0.15, 0.2) is 0 Å². The maximum atomic E-state index is 12.2. The number of nitrogens with zero attached hydrogens (tertiary/aromatic N) is 2. The van der Waals surface area contributed by atoms with Crippen molar-refractivity contribution in [2.24, 2.45) is 0 Å². The first kappa shape index (κ1) is 15.6. The van der Waals surface area contributed by atoms with Crippen molar-refractivity contribution in [1.29, 1.82) is 0 Å². The fourth-order valence-electron chi connectivity index (χ4n) is 1.42. The molecule has 7 heteroatoms. The average molecular weight is 280 g/mol. The Morgan fingerprint density at radius 2 is 1.65 bits per heavy atom. The summed E-state index contributed by atoms with van der Waals surface area (Å²) in [4.78, 5) is 39.9. The van der Waals surface area contributed by atoms with Crippen LogP contribution in [0.3, 0.4) is 0 Å². The number of carbonyl (C=O) groups excluding carboxylic acids is 3. The molecule has 0 unspecified atom stereocenters. The highest BCUT2D eigenvalue weighted by Crippen LogP contribution is 2.05. The molecule has 0 saturated heterocycles. The molecule has 0 bridgehead atoms. The Balaban J connectivity index is 2.90. The van der Waals surface area contributed by atoms with Crippen LogP contribution in [0.5, 0.6) is 0 Å². The zero-order chi connectivity index (χ0) is 15.1. The molecule has 7 nitrogen and oxygen atoms in total. The number of rotatable bonds is 5. The fraction of sp³-hybridized carbons (Fsp3) is 0.385. The number of hydrogen-bond acceptors (Lipinski definition) is 6. The highest BCUT2D eigenvalue weighted by molar-refractivity contribution is 5.97. The van der Waals surface area contributed by atoms with Crippen LogP contribution in [0.1, 0.15) is 16.1 Å². The lowest BCUT2D eigenvalue weighted by Gasteiger charge is -2.20. The molecule has 0 aliphatic heterocycles. The predicted octanol–water partition coefficient (Wildman–Crippen LogP) is 0.178. The lowest BCUT2D eigenvalue weighted by Crippen LogP contribution is -2.40. The van der Waals surface area contributed by atoms with Crippen LogP contribution >= 0.6 is 0 Å². The molecule has 1 aromatic rings. The Labute approximate surface area is 116 Å². The molecular formula is C13H16N2O5. The third-order valence-electron chi connectivity index (χ3n) is 2.54. The molecular weight excluding hydrogens is 264 g/mol. The van der Waals surface area contributed by atoms with E-state index in [1.165, 1.54) is 20.4 Å². The van der Waals surface area contributed by atoms with Crippen molar-refractivity contribution in [3.63, 3.8) is 0 Å². The van der Waals surface area contributed by atoms with Crippen molar-refractivity contribution in [3.05, 3.63) is 29.6 Å². The molecule has 1 heterocycles. The molecule has 0 aliphatic carbocycles. The molecule has 0 aliphatic rings. The van der Waals surface area contributed by atoms with Crippen molar-refractivity contribution in [2.45, 2.75) is 6.92 Å². The van der Waals surface area contributed by atoms with E-state index in [0.717, 1.165) is 10.6 Å². The van der Waals surface area contributed by atoms with Crippen molar-refractivity contribution in [2.75, 3.05) is 27.3 Å². The lowest BCUT2D eigenvalue weighted by atomic mass is 10.2. The molecule has 0 atom stereocenters. The number of pyridine rings is 1. The summed E-state index contributed by atoms with van der Waals surface area (Å²) in [5.74, 6) is -1.74. The highest BCUT2D eigenvalue weighted by Gasteiger charge is 2.22. The van der Waals surface area contributed by atoms with Crippen molar-refractivity contribution < 1.29 is 23.9 Å². The molecule has 0 spiro atoms. The second-order valence-corrected chi connectivity index (χ2v) is 4.00. The molecule has 0 radical (unpaired) electrons. The van der Waals surface area contributed by atoms with Crippen LogP contribution in [0.15, 0.2) is 18.3 Å². The SMILES string of the molecule is COC(=O)CN(CC(=O)OC)C(=O)c1ccc(C)nc1. The van der Waals surface area contributed by atoms with Gasteiger partial charge in [-0.05, 0) is 19.1 Å². The van der Waals surface area contributed by atoms with Crippen LogP contribution in [0.25, 0.3) is 0 Å². The van der Waals surface area contributed by atoms with Gasteiger partial charge >= 0.3 is 11.9 Å². The van der Waals surface area contributed by atoms with Crippen LogP contribution in [0.4, 0.5) is 0 Å². The van der Waals surface area contributed by atoms with E-state index >= 15 is 0 Å². The van der Waals surface area contributed by atoms with E-state index in [4.69, 9.17) is 0 Å². The van der Waals surface area contributed by atoms with E-state index in [-0.39, 0.29) is 18.7 Å². The summed E-state index contributed by atoms with van der Waals surface area (Å²) in [6.07, 6.45) is 1.39. The van der Waals surface area contributed by atoms with E-state index in [2.05, 4.69) is 14.5 Å². The predicted molar refractivity (Wildman–Crippen MR) is 68.9 cm³/mol. The molecule has 0 fully saturated rings. The van der Waals surface area contributed by atoms with Gasteiger partial charge < -0.3 is 14.4 Å². The topological polar surface area (TPSA) is 85.8 Å². The molecule has 1 amide bonds. The van der Waals surface area contributed by atoms with E-state index < -0.39 is 17.8 Å².